The molecule has 3 aromatic rings. The van der Waals surface area contributed by atoms with E-state index in [1.54, 1.807) is 53.4 Å². The molecule has 224 valence electrons. The SMILES string of the molecule is CN(CCCC(=O)N(Cc1c(Cl)cccc1Cl)[C@H](Cc1ccccc1)C(=O)NC1CCCC1)S(=O)(=O)c1ccccc1. The van der Waals surface area contributed by atoms with Gasteiger partial charge in [0, 0.05) is 54.6 Å². The lowest BCUT2D eigenvalue weighted by molar-refractivity contribution is -0.141. The number of carbonyl (C=O) groups excluding carboxylic acids is 2. The number of rotatable bonds is 13. The van der Waals surface area contributed by atoms with E-state index in [1.165, 1.54) is 11.4 Å². The van der Waals surface area contributed by atoms with Gasteiger partial charge in [-0.15, -0.1) is 0 Å². The van der Waals surface area contributed by atoms with E-state index in [1.807, 2.05) is 30.3 Å². The molecule has 0 saturated heterocycles. The van der Waals surface area contributed by atoms with Crippen LogP contribution in [0.15, 0.2) is 83.8 Å². The van der Waals surface area contributed by atoms with Gasteiger partial charge in [0.2, 0.25) is 21.8 Å². The summed E-state index contributed by atoms with van der Waals surface area (Å²) in [6.07, 6.45) is 4.58. The average molecular weight is 631 g/mol. The zero-order valence-corrected chi connectivity index (χ0v) is 26.0. The lowest BCUT2D eigenvalue weighted by Crippen LogP contribution is -2.52. The number of benzene rings is 3. The van der Waals surface area contributed by atoms with E-state index in [9.17, 15) is 18.0 Å². The Bertz CT molecular complexity index is 1430. The molecule has 1 fully saturated rings. The van der Waals surface area contributed by atoms with Crippen LogP contribution in [0.25, 0.3) is 0 Å². The normalized spacial score (nSPS) is 14.6. The maximum absolute atomic E-state index is 13.9. The Morgan fingerprint density at radius 1 is 0.905 bits per heavy atom. The second-order valence-corrected chi connectivity index (χ2v) is 13.5. The molecular weight excluding hydrogens is 593 g/mol. The van der Waals surface area contributed by atoms with Crippen molar-refractivity contribution in [3.05, 3.63) is 100 Å². The molecule has 1 aliphatic carbocycles. The molecule has 10 heteroatoms. The Balaban J connectivity index is 1.58. The van der Waals surface area contributed by atoms with Crippen LogP contribution >= 0.6 is 23.2 Å². The van der Waals surface area contributed by atoms with E-state index in [-0.39, 0.29) is 48.7 Å². The van der Waals surface area contributed by atoms with Crippen LogP contribution in [0.4, 0.5) is 0 Å². The van der Waals surface area contributed by atoms with Crippen LogP contribution < -0.4 is 5.32 Å². The Morgan fingerprint density at radius 2 is 1.50 bits per heavy atom. The quantitative estimate of drug-likeness (QED) is 0.248. The van der Waals surface area contributed by atoms with Crippen LogP contribution in [0, 0.1) is 0 Å². The van der Waals surface area contributed by atoms with Gasteiger partial charge in [-0.3, -0.25) is 9.59 Å². The highest BCUT2D eigenvalue weighted by Gasteiger charge is 2.33. The molecule has 1 N–H and O–H groups in total. The van der Waals surface area contributed by atoms with Crippen LogP contribution in [0.3, 0.4) is 0 Å². The zero-order chi connectivity index (χ0) is 30.1. The first-order valence-electron chi connectivity index (χ1n) is 14.2. The van der Waals surface area contributed by atoms with Gasteiger partial charge in [-0.05, 0) is 49.1 Å². The molecule has 1 saturated carbocycles. The van der Waals surface area contributed by atoms with Crippen LogP contribution in [0.2, 0.25) is 10.0 Å². The van der Waals surface area contributed by atoms with Crippen molar-refractivity contribution in [2.24, 2.45) is 0 Å². The van der Waals surface area contributed by atoms with E-state index >= 15 is 0 Å². The fourth-order valence-corrected chi connectivity index (χ4v) is 7.01. The van der Waals surface area contributed by atoms with Crippen molar-refractivity contribution in [3.63, 3.8) is 0 Å². The Labute approximate surface area is 258 Å². The standard InChI is InChI=1S/C32H37Cl2N3O4S/c1-36(42(40,41)26-16-6-3-7-17-26)21-11-20-31(38)37(23-27-28(33)18-10-19-29(27)34)30(22-24-12-4-2-5-13-24)32(39)35-25-14-8-9-15-25/h2-7,10,12-13,16-19,25,30H,8-9,11,14-15,20-23H2,1H3,(H,35,39)/t30-/m1/s1. The second kappa shape index (κ2) is 15.0. The highest BCUT2D eigenvalue weighted by Crippen LogP contribution is 2.28. The zero-order valence-electron chi connectivity index (χ0n) is 23.7. The molecule has 1 atom stereocenters. The molecule has 1 aliphatic rings. The highest BCUT2D eigenvalue weighted by atomic mass is 35.5. The molecule has 0 unspecified atom stereocenters. The van der Waals surface area contributed by atoms with Gasteiger partial charge in [0.1, 0.15) is 6.04 Å². The lowest BCUT2D eigenvalue weighted by atomic mass is 10.0. The number of hydrogen-bond acceptors (Lipinski definition) is 4. The molecule has 0 bridgehead atoms. The van der Waals surface area contributed by atoms with Crippen LogP contribution in [0.5, 0.6) is 0 Å². The molecule has 0 heterocycles. The number of sulfonamides is 1. The highest BCUT2D eigenvalue weighted by molar-refractivity contribution is 7.89. The summed E-state index contributed by atoms with van der Waals surface area (Å²) in [6.45, 7) is 0.187. The third-order valence-electron chi connectivity index (χ3n) is 7.68. The summed E-state index contributed by atoms with van der Waals surface area (Å²) in [6, 6.07) is 22.2. The van der Waals surface area contributed by atoms with E-state index in [0.717, 1.165) is 31.2 Å². The van der Waals surface area contributed by atoms with E-state index < -0.39 is 16.1 Å². The minimum absolute atomic E-state index is 0.0404. The average Bonchev–Trinajstić information content (AvgIpc) is 3.50. The van der Waals surface area contributed by atoms with E-state index in [4.69, 9.17) is 23.2 Å². The van der Waals surface area contributed by atoms with Crippen molar-refractivity contribution in [2.75, 3.05) is 13.6 Å². The third kappa shape index (κ3) is 8.34. The number of carbonyl (C=O) groups is 2. The van der Waals surface area contributed by atoms with Gasteiger partial charge in [-0.2, -0.15) is 0 Å². The minimum atomic E-state index is -3.69. The van der Waals surface area contributed by atoms with Crippen molar-refractivity contribution >= 4 is 45.0 Å². The van der Waals surface area contributed by atoms with Crippen LogP contribution in [-0.2, 0) is 32.6 Å². The summed E-state index contributed by atoms with van der Waals surface area (Å²) >= 11 is 13.0. The number of hydrogen-bond donors (Lipinski definition) is 1. The van der Waals surface area contributed by atoms with Crippen LogP contribution in [-0.4, -0.2) is 55.1 Å². The molecule has 0 spiro atoms. The van der Waals surface area contributed by atoms with Gasteiger partial charge in [0.15, 0.2) is 0 Å². The monoisotopic (exact) mass is 629 g/mol. The molecule has 0 aliphatic heterocycles. The lowest BCUT2D eigenvalue weighted by Gasteiger charge is -2.33. The molecule has 0 radical (unpaired) electrons. The van der Waals surface area contributed by atoms with Gasteiger partial charge in [0.05, 0.1) is 4.90 Å². The molecule has 0 aromatic heterocycles. The number of nitrogens with one attached hydrogen (secondary N) is 1. The Kier molecular flexibility index (Phi) is 11.4. The van der Waals surface area contributed by atoms with E-state index in [2.05, 4.69) is 5.32 Å². The first-order chi connectivity index (χ1) is 20.2. The number of nitrogens with zero attached hydrogens (tertiary/aromatic N) is 2. The van der Waals surface area contributed by atoms with Gasteiger partial charge in [0.25, 0.3) is 0 Å². The molecule has 4 rings (SSSR count). The first kappa shape index (κ1) is 32.0. The number of amides is 2. The second-order valence-electron chi connectivity index (χ2n) is 10.7. The van der Waals surface area contributed by atoms with Gasteiger partial charge >= 0.3 is 0 Å². The van der Waals surface area contributed by atoms with Crippen molar-refractivity contribution in [1.29, 1.82) is 0 Å². The fourth-order valence-electron chi connectivity index (χ4n) is 5.26. The molecule has 42 heavy (non-hydrogen) atoms. The maximum atomic E-state index is 13.9. The molecule has 3 aromatic carbocycles. The van der Waals surface area contributed by atoms with Crippen LogP contribution in [0.1, 0.15) is 49.7 Å². The third-order valence-corrected chi connectivity index (χ3v) is 10.3. The minimum Gasteiger partial charge on any atom is -0.352 e. The summed E-state index contributed by atoms with van der Waals surface area (Å²) in [5.74, 6) is -0.495. The predicted molar refractivity (Wildman–Crippen MR) is 167 cm³/mol. The number of halogens is 2. The molecule has 2 amide bonds. The first-order valence-corrected chi connectivity index (χ1v) is 16.4. The van der Waals surface area contributed by atoms with Crippen molar-refractivity contribution in [2.45, 2.75) is 68.5 Å². The van der Waals surface area contributed by atoms with E-state index in [0.29, 0.717) is 22.0 Å². The summed E-state index contributed by atoms with van der Waals surface area (Å²) in [7, 11) is -2.19. The van der Waals surface area contributed by atoms with Gasteiger partial charge in [-0.1, -0.05) is 90.6 Å². The Hall–Kier alpha value is -2.91. The largest absolute Gasteiger partial charge is 0.352 e. The summed E-state index contributed by atoms with van der Waals surface area (Å²) < 4.78 is 27.2. The van der Waals surface area contributed by atoms with Gasteiger partial charge in [-0.25, -0.2) is 12.7 Å². The Morgan fingerprint density at radius 3 is 2.12 bits per heavy atom. The van der Waals surface area contributed by atoms with Gasteiger partial charge < -0.3 is 10.2 Å². The molecular formula is C32H37Cl2N3O4S. The topological polar surface area (TPSA) is 86.8 Å². The smallest absolute Gasteiger partial charge is 0.243 e. The van der Waals surface area contributed by atoms with Crippen molar-refractivity contribution < 1.29 is 18.0 Å². The fraction of sp³-hybridized carbons (Fsp3) is 0.375. The summed E-state index contributed by atoms with van der Waals surface area (Å²) in [4.78, 5) is 29.5. The van der Waals surface area contributed by atoms with Crippen molar-refractivity contribution in [1.82, 2.24) is 14.5 Å². The predicted octanol–water partition coefficient (Wildman–Crippen LogP) is 6.09. The van der Waals surface area contributed by atoms with Crippen molar-refractivity contribution in [3.8, 4) is 0 Å². The summed E-state index contributed by atoms with van der Waals surface area (Å²) in [5, 5.41) is 3.99. The summed E-state index contributed by atoms with van der Waals surface area (Å²) in [5.41, 5.74) is 1.48. The maximum Gasteiger partial charge on any atom is 0.243 e. The molecule has 7 nitrogen and oxygen atoms in total.